The fourth-order valence-corrected chi connectivity index (χ4v) is 4.40. The van der Waals surface area contributed by atoms with Gasteiger partial charge in [-0.05, 0) is 74.0 Å². The number of rotatable bonds is 7. The van der Waals surface area contributed by atoms with Crippen LogP contribution < -0.4 is 10.9 Å². The molecule has 7 nitrogen and oxygen atoms in total. The number of carbonyl (C=O) groups excluding carboxylic acids is 1. The highest BCUT2D eigenvalue weighted by Crippen LogP contribution is 2.32. The van der Waals surface area contributed by atoms with Crippen LogP contribution in [0.25, 0.3) is 28.0 Å². The molecule has 1 unspecified atom stereocenters. The lowest BCUT2D eigenvalue weighted by Crippen LogP contribution is -2.21. The van der Waals surface area contributed by atoms with Gasteiger partial charge in [-0.2, -0.15) is 0 Å². The molecule has 0 aliphatic heterocycles. The Morgan fingerprint density at radius 2 is 1.64 bits per heavy atom. The maximum atomic E-state index is 14.9. The fraction of sp³-hybridized carbons (Fsp3) is 0.212. The number of aryl methyl sites for hydroxylation is 1. The molecule has 0 saturated heterocycles. The molecular weight excluding hydrogens is 589 g/mol. The Kier molecular flexibility index (Phi) is 13.2. The van der Waals surface area contributed by atoms with E-state index < -0.39 is 45.4 Å². The molecule has 0 bridgehead atoms. The molecule has 0 spiro atoms. The topological polar surface area (TPSA) is 94.0 Å². The zero-order valence-electron chi connectivity index (χ0n) is 25.7. The summed E-state index contributed by atoms with van der Waals surface area (Å²) in [4.78, 5) is 34.7. The van der Waals surface area contributed by atoms with Crippen LogP contribution in [0.3, 0.4) is 0 Å². The van der Waals surface area contributed by atoms with Gasteiger partial charge in [0.15, 0.2) is 5.65 Å². The van der Waals surface area contributed by atoms with Crippen LogP contribution in [0.2, 0.25) is 0 Å². The van der Waals surface area contributed by atoms with Crippen molar-refractivity contribution in [3.05, 3.63) is 112 Å². The summed E-state index contributed by atoms with van der Waals surface area (Å²) >= 11 is 0. The first-order valence-electron chi connectivity index (χ1n) is 13.9. The molecule has 2 aromatic carbocycles. The average molecular weight is 625 g/mol. The number of allylic oxidation sites excluding steroid dienone is 5. The largest absolute Gasteiger partial charge is 0.322 e. The van der Waals surface area contributed by atoms with Crippen molar-refractivity contribution in [2.45, 2.75) is 46.7 Å². The van der Waals surface area contributed by atoms with Crippen LogP contribution in [0.4, 0.5) is 18.9 Å². The number of amides is 1. The van der Waals surface area contributed by atoms with Crippen LogP contribution in [-0.2, 0) is 10.8 Å². The number of nitrogens with one attached hydrogen (secondary N) is 1. The number of pyridine rings is 1. The number of hydrogen-bond donors (Lipinski definition) is 1. The summed E-state index contributed by atoms with van der Waals surface area (Å²) in [6.45, 7) is 14.4. The molecule has 232 valence electrons. The quantitative estimate of drug-likeness (QED) is 0.165. The van der Waals surface area contributed by atoms with Gasteiger partial charge in [-0.3, -0.25) is 18.4 Å². The summed E-state index contributed by atoms with van der Waals surface area (Å²) in [5, 5.41) is 2.70. The van der Waals surface area contributed by atoms with Crippen molar-refractivity contribution in [2.75, 3.05) is 11.6 Å². The maximum absolute atomic E-state index is 14.9. The number of halogens is 3. The van der Waals surface area contributed by atoms with E-state index in [0.717, 1.165) is 22.8 Å². The molecule has 4 aromatic rings. The van der Waals surface area contributed by atoms with Gasteiger partial charge in [-0.1, -0.05) is 40.3 Å². The smallest absolute Gasteiger partial charge is 0.256 e. The third kappa shape index (κ3) is 7.84. The van der Waals surface area contributed by atoms with Crippen LogP contribution in [0.15, 0.2) is 94.9 Å². The maximum Gasteiger partial charge on any atom is 0.256 e. The molecular formula is C33H35F3N4O3S. The first-order chi connectivity index (χ1) is 21.0. The molecule has 2 aromatic heterocycles. The van der Waals surface area contributed by atoms with E-state index in [1.165, 1.54) is 43.5 Å². The molecule has 11 heteroatoms. The van der Waals surface area contributed by atoms with Crippen LogP contribution in [0.5, 0.6) is 0 Å². The van der Waals surface area contributed by atoms with Crippen molar-refractivity contribution < 1.29 is 22.2 Å². The molecule has 0 radical (unpaired) electrons. The van der Waals surface area contributed by atoms with E-state index in [-0.39, 0.29) is 27.4 Å². The highest BCUT2D eigenvalue weighted by molar-refractivity contribution is 7.84. The van der Waals surface area contributed by atoms with E-state index in [9.17, 15) is 27.0 Å². The highest BCUT2D eigenvalue weighted by atomic mass is 32.2. The lowest BCUT2D eigenvalue weighted by molar-refractivity contribution is 0.102. The summed E-state index contributed by atoms with van der Waals surface area (Å²) in [5.41, 5.74) is 0.192. The number of anilines is 1. The van der Waals surface area contributed by atoms with Crippen molar-refractivity contribution in [2.24, 2.45) is 0 Å². The summed E-state index contributed by atoms with van der Waals surface area (Å²) in [5.74, 6) is -3.09. The predicted octanol–water partition coefficient (Wildman–Crippen LogP) is 8.15. The number of aromatic nitrogens is 3. The lowest BCUT2D eigenvalue weighted by Gasteiger charge is -2.16. The van der Waals surface area contributed by atoms with Crippen molar-refractivity contribution in [3.63, 3.8) is 0 Å². The Bertz CT molecular complexity index is 1810. The van der Waals surface area contributed by atoms with Crippen molar-refractivity contribution in [1.29, 1.82) is 0 Å². The number of hydrogen-bond acceptors (Lipinski definition) is 5. The molecule has 2 heterocycles. The van der Waals surface area contributed by atoms with Crippen molar-refractivity contribution >= 4 is 39.1 Å². The lowest BCUT2D eigenvalue weighted by atomic mass is 9.99. The first kappa shape index (κ1) is 35.6. The van der Waals surface area contributed by atoms with Gasteiger partial charge in [0.05, 0.1) is 16.5 Å². The van der Waals surface area contributed by atoms with Gasteiger partial charge in [0.2, 0.25) is 5.16 Å². The Hall–Kier alpha value is -4.64. The van der Waals surface area contributed by atoms with Crippen molar-refractivity contribution in [1.82, 2.24) is 14.5 Å². The minimum Gasteiger partial charge on any atom is -0.322 e. The minimum absolute atomic E-state index is 0.188. The Morgan fingerprint density at radius 3 is 2.20 bits per heavy atom. The second kappa shape index (κ2) is 16.3. The molecule has 1 N–H and O–H groups in total. The molecule has 1 amide bonds. The SMILES string of the molecule is C=C/C(F)=C(\C(F)=C/C)n1c(=O)ccc2c(-c3cc(C(=O)Nc4ccc(F)cc4)ccc3C)nc(S(C)=O)nc21.CC.CC. The Balaban J connectivity index is 0.00000162. The molecule has 0 aliphatic carbocycles. The van der Waals surface area contributed by atoms with Crippen LogP contribution in [-0.4, -0.2) is 30.9 Å². The molecule has 0 saturated carbocycles. The highest BCUT2D eigenvalue weighted by Gasteiger charge is 2.22. The zero-order valence-corrected chi connectivity index (χ0v) is 26.5. The first-order valence-corrected chi connectivity index (χ1v) is 15.4. The van der Waals surface area contributed by atoms with Gasteiger partial charge in [0, 0.05) is 34.5 Å². The van der Waals surface area contributed by atoms with Gasteiger partial charge < -0.3 is 5.32 Å². The van der Waals surface area contributed by atoms with Gasteiger partial charge in [-0.25, -0.2) is 23.1 Å². The number of benzene rings is 2. The fourth-order valence-electron chi connectivity index (χ4n) is 3.96. The number of fused-ring (bicyclic) bond motifs is 1. The molecule has 44 heavy (non-hydrogen) atoms. The summed E-state index contributed by atoms with van der Waals surface area (Å²) in [7, 11) is -1.76. The molecule has 4 rings (SSSR count). The number of carbonyl (C=O) groups is 1. The van der Waals surface area contributed by atoms with E-state index in [1.54, 1.807) is 25.1 Å². The third-order valence-electron chi connectivity index (χ3n) is 5.95. The second-order valence-corrected chi connectivity index (χ2v) is 9.85. The van der Waals surface area contributed by atoms with E-state index in [1.807, 2.05) is 27.7 Å². The summed E-state index contributed by atoms with van der Waals surface area (Å²) < 4.78 is 56.3. The average Bonchev–Trinajstić information content (AvgIpc) is 3.04. The predicted molar refractivity (Wildman–Crippen MR) is 173 cm³/mol. The normalized spacial score (nSPS) is 12.2. The molecule has 0 fully saturated rings. The Morgan fingerprint density at radius 1 is 1.00 bits per heavy atom. The van der Waals surface area contributed by atoms with Crippen LogP contribution >= 0.6 is 0 Å². The minimum atomic E-state index is -1.76. The molecule has 0 aliphatic rings. The Labute approximate surface area is 257 Å². The summed E-state index contributed by atoms with van der Waals surface area (Å²) in [6, 6.07) is 12.6. The van der Waals surface area contributed by atoms with E-state index >= 15 is 0 Å². The van der Waals surface area contributed by atoms with Gasteiger partial charge in [0.1, 0.15) is 23.2 Å². The standard InChI is InChI=1S/C29H23F3N4O3S.2C2H6/c1-5-22(31)26(23(32)6-2)36-24(37)14-13-20-25(34-29(40(4)39)35-27(20)36)21-15-17(8-7-16(21)3)28(38)33-19-11-9-18(30)10-12-19;2*1-2/h5-15H,1H2,2-4H3,(H,33,38);2*1-2H3/b23-6+,26-22-;;. The van der Waals surface area contributed by atoms with Gasteiger partial charge in [-0.15, -0.1) is 0 Å². The van der Waals surface area contributed by atoms with Crippen molar-refractivity contribution in [3.8, 4) is 11.3 Å². The second-order valence-electron chi connectivity index (χ2n) is 8.58. The van der Waals surface area contributed by atoms with E-state index in [4.69, 9.17) is 0 Å². The van der Waals surface area contributed by atoms with Gasteiger partial charge >= 0.3 is 0 Å². The van der Waals surface area contributed by atoms with Gasteiger partial charge in [0.25, 0.3) is 11.5 Å². The monoisotopic (exact) mass is 624 g/mol. The zero-order chi connectivity index (χ0) is 33.1. The van der Waals surface area contributed by atoms with Crippen LogP contribution in [0, 0.1) is 12.7 Å². The molecule has 1 atom stereocenters. The third-order valence-corrected chi connectivity index (χ3v) is 6.65. The number of nitrogens with zero attached hydrogens (tertiary/aromatic N) is 3. The van der Waals surface area contributed by atoms with Crippen LogP contribution in [0.1, 0.15) is 50.5 Å². The van der Waals surface area contributed by atoms with E-state index in [0.29, 0.717) is 16.8 Å². The summed E-state index contributed by atoms with van der Waals surface area (Å²) in [6.07, 6.45) is 3.07. The van der Waals surface area contributed by atoms with E-state index in [2.05, 4.69) is 21.9 Å².